The molecule has 2 aromatic carbocycles. The SMILES string of the molecule is Oc1ccccc1/C=C/C1=NN(c2nc(-c3ccc(F)cc3)cs2)[C@](O)(C(F)(F)F)C1. The number of nitrogens with zero attached hydrogens (tertiary/aromatic N) is 3. The number of anilines is 1. The van der Waals surface area contributed by atoms with Crippen LogP contribution in [-0.2, 0) is 0 Å². The van der Waals surface area contributed by atoms with E-state index < -0.39 is 24.1 Å². The lowest BCUT2D eigenvalue weighted by atomic mass is 10.1. The molecule has 0 spiro atoms. The predicted octanol–water partition coefficient (Wildman–Crippen LogP) is 5.19. The molecule has 31 heavy (non-hydrogen) atoms. The van der Waals surface area contributed by atoms with Crippen LogP contribution in [0.2, 0.25) is 0 Å². The fourth-order valence-electron chi connectivity index (χ4n) is 3.02. The molecule has 0 amide bonds. The Morgan fingerprint density at radius 1 is 1.06 bits per heavy atom. The zero-order chi connectivity index (χ0) is 22.2. The number of rotatable bonds is 4. The van der Waals surface area contributed by atoms with Gasteiger partial charge < -0.3 is 10.2 Å². The van der Waals surface area contributed by atoms with Gasteiger partial charge in [-0.3, -0.25) is 0 Å². The van der Waals surface area contributed by atoms with Crippen molar-refractivity contribution >= 4 is 28.3 Å². The lowest BCUT2D eigenvalue weighted by molar-refractivity contribution is -0.254. The summed E-state index contributed by atoms with van der Waals surface area (Å²) in [5, 5.41) is 26.1. The molecule has 0 unspecified atom stereocenters. The van der Waals surface area contributed by atoms with Gasteiger partial charge in [-0.15, -0.1) is 11.3 Å². The molecule has 4 rings (SSSR count). The number of hydrogen-bond donors (Lipinski definition) is 2. The highest BCUT2D eigenvalue weighted by Gasteiger charge is 2.62. The second-order valence-electron chi connectivity index (χ2n) is 6.81. The van der Waals surface area contributed by atoms with Gasteiger partial charge in [0.25, 0.3) is 5.72 Å². The average Bonchev–Trinajstić information content (AvgIpc) is 3.33. The van der Waals surface area contributed by atoms with Crippen LogP contribution < -0.4 is 5.01 Å². The number of hydrogen-bond acceptors (Lipinski definition) is 6. The highest BCUT2D eigenvalue weighted by Crippen LogP contribution is 2.44. The Balaban J connectivity index is 1.68. The molecular weight excluding hydrogens is 434 g/mol. The summed E-state index contributed by atoms with van der Waals surface area (Å²) >= 11 is 0.873. The molecule has 1 aromatic heterocycles. The smallest absolute Gasteiger partial charge is 0.438 e. The van der Waals surface area contributed by atoms with Gasteiger partial charge in [0.1, 0.15) is 11.6 Å². The van der Waals surface area contributed by atoms with Gasteiger partial charge in [0.15, 0.2) is 0 Å². The third-order valence-electron chi connectivity index (χ3n) is 4.67. The Hall–Kier alpha value is -3.24. The van der Waals surface area contributed by atoms with Crippen molar-refractivity contribution in [3.8, 4) is 17.0 Å². The molecule has 160 valence electrons. The van der Waals surface area contributed by atoms with Gasteiger partial charge in [0, 0.05) is 16.5 Å². The number of benzene rings is 2. The van der Waals surface area contributed by atoms with E-state index in [2.05, 4.69) is 10.1 Å². The number of thiazole rings is 1. The van der Waals surface area contributed by atoms with Crippen LogP contribution in [0.15, 0.2) is 65.1 Å². The monoisotopic (exact) mass is 449 g/mol. The van der Waals surface area contributed by atoms with Crippen LogP contribution in [-0.4, -0.2) is 32.8 Å². The van der Waals surface area contributed by atoms with Gasteiger partial charge >= 0.3 is 6.18 Å². The lowest BCUT2D eigenvalue weighted by Crippen LogP contribution is -2.55. The molecule has 0 saturated carbocycles. The fraction of sp³-hybridized carbons (Fsp3) is 0.143. The zero-order valence-electron chi connectivity index (χ0n) is 15.7. The maximum atomic E-state index is 13.8. The number of allylic oxidation sites excluding steroid dienone is 1. The van der Waals surface area contributed by atoms with Crippen LogP contribution in [0.1, 0.15) is 12.0 Å². The second-order valence-corrected chi connectivity index (χ2v) is 7.65. The molecule has 0 aliphatic carbocycles. The van der Waals surface area contributed by atoms with Crippen LogP contribution >= 0.6 is 11.3 Å². The normalized spacial score (nSPS) is 19.3. The summed E-state index contributed by atoms with van der Waals surface area (Å²) in [6.07, 6.45) is -3.10. The third kappa shape index (κ3) is 4.04. The first kappa shape index (κ1) is 21.0. The number of hydrazone groups is 1. The Labute approximate surface area is 178 Å². The molecule has 1 aliphatic heterocycles. The van der Waals surface area contributed by atoms with E-state index in [9.17, 15) is 27.8 Å². The Kier molecular flexibility index (Phi) is 5.28. The van der Waals surface area contributed by atoms with Crippen LogP contribution in [0.3, 0.4) is 0 Å². The van der Waals surface area contributed by atoms with Crippen LogP contribution in [0.4, 0.5) is 22.7 Å². The first-order chi connectivity index (χ1) is 14.7. The minimum atomic E-state index is -5.01. The van der Waals surface area contributed by atoms with Crippen molar-refractivity contribution < 1.29 is 27.8 Å². The minimum absolute atomic E-state index is 0.0378. The summed E-state index contributed by atoms with van der Waals surface area (Å²) in [5.74, 6) is -0.486. The maximum Gasteiger partial charge on any atom is 0.438 e. The number of phenolic OH excluding ortho intramolecular Hbond substituents is 1. The lowest BCUT2D eigenvalue weighted by Gasteiger charge is -2.32. The van der Waals surface area contributed by atoms with Gasteiger partial charge in [0.05, 0.1) is 17.8 Å². The number of aromatic hydroxyl groups is 1. The van der Waals surface area contributed by atoms with E-state index in [0.29, 0.717) is 21.8 Å². The van der Waals surface area contributed by atoms with E-state index in [4.69, 9.17) is 0 Å². The van der Waals surface area contributed by atoms with Crippen molar-refractivity contribution in [2.24, 2.45) is 5.10 Å². The van der Waals surface area contributed by atoms with Gasteiger partial charge in [-0.1, -0.05) is 18.2 Å². The van der Waals surface area contributed by atoms with Crippen molar-refractivity contribution in [2.75, 3.05) is 5.01 Å². The molecule has 1 atom stereocenters. The molecule has 5 nitrogen and oxygen atoms in total. The van der Waals surface area contributed by atoms with Gasteiger partial charge in [-0.05, 0) is 42.5 Å². The van der Waals surface area contributed by atoms with E-state index in [0.717, 1.165) is 11.3 Å². The van der Waals surface area contributed by atoms with Gasteiger partial charge in [-0.2, -0.15) is 23.3 Å². The molecule has 0 saturated heterocycles. The van der Waals surface area contributed by atoms with Crippen LogP contribution in [0.5, 0.6) is 5.75 Å². The molecule has 0 radical (unpaired) electrons. The number of aromatic nitrogens is 1. The van der Waals surface area contributed by atoms with E-state index in [1.807, 2.05) is 0 Å². The highest BCUT2D eigenvalue weighted by atomic mass is 32.1. The number of aliphatic hydroxyl groups is 1. The summed E-state index contributed by atoms with van der Waals surface area (Å²) < 4.78 is 54.4. The number of phenols is 1. The standard InChI is InChI=1S/C21H15F4N3O2S/c22-15-8-5-13(6-9-15)17-12-31-19(26-17)28-20(30,21(23,24)25)11-16(27-28)10-7-14-3-1-2-4-18(14)29/h1-10,12,29-30H,11H2/b10-7+/t20-/m1/s1. The van der Waals surface area contributed by atoms with E-state index >= 15 is 0 Å². The number of para-hydroxylation sites is 1. The van der Waals surface area contributed by atoms with Crippen molar-refractivity contribution in [3.05, 3.63) is 71.4 Å². The van der Waals surface area contributed by atoms with Gasteiger partial charge in [0.2, 0.25) is 5.13 Å². The molecule has 0 bridgehead atoms. The quantitative estimate of drug-likeness (QED) is 0.539. The molecule has 3 aromatic rings. The van der Waals surface area contributed by atoms with Crippen LogP contribution in [0.25, 0.3) is 17.3 Å². The zero-order valence-corrected chi connectivity index (χ0v) is 16.5. The van der Waals surface area contributed by atoms with Crippen molar-refractivity contribution in [3.63, 3.8) is 0 Å². The minimum Gasteiger partial charge on any atom is -0.507 e. The number of alkyl halides is 3. The molecule has 2 N–H and O–H groups in total. The highest BCUT2D eigenvalue weighted by molar-refractivity contribution is 7.14. The first-order valence-corrected chi connectivity index (χ1v) is 9.90. The van der Waals surface area contributed by atoms with E-state index in [1.54, 1.807) is 18.2 Å². The molecule has 10 heteroatoms. The Morgan fingerprint density at radius 2 is 1.77 bits per heavy atom. The molecule has 2 heterocycles. The summed E-state index contributed by atoms with van der Waals surface area (Å²) in [4.78, 5) is 4.16. The van der Waals surface area contributed by atoms with E-state index in [-0.39, 0.29) is 16.6 Å². The molecule has 1 aliphatic rings. The second kappa shape index (κ2) is 7.78. The van der Waals surface area contributed by atoms with Crippen LogP contribution in [0, 0.1) is 5.82 Å². The van der Waals surface area contributed by atoms with Gasteiger partial charge in [-0.25, -0.2) is 9.37 Å². The largest absolute Gasteiger partial charge is 0.507 e. The number of halogens is 4. The van der Waals surface area contributed by atoms with Crippen molar-refractivity contribution in [1.82, 2.24) is 4.98 Å². The summed E-state index contributed by atoms with van der Waals surface area (Å²) in [7, 11) is 0. The molecular formula is C21H15F4N3O2S. The Morgan fingerprint density at radius 3 is 2.45 bits per heavy atom. The topological polar surface area (TPSA) is 69.0 Å². The Bertz CT molecular complexity index is 1160. The predicted molar refractivity (Wildman–Crippen MR) is 110 cm³/mol. The van der Waals surface area contributed by atoms with Crippen molar-refractivity contribution in [1.29, 1.82) is 0 Å². The summed E-state index contributed by atoms with van der Waals surface area (Å²) in [6, 6.07) is 11.7. The van der Waals surface area contributed by atoms with Crippen molar-refractivity contribution in [2.45, 2.75) is 18.3 Å². The van der Waals surface area contributed by atoms with E-state index in [1.165, 1.54) is 47.9 Å². The third-order valence-corrected chi connectivity index (χ3v) is 5.48. The maximum absolute atomic E-state index is 13.8. The summed E-state index contributed by atoms with van der Waals surface area (Å²) in [5.41, 5.74) is -2.07. The fourth-order valence-corrected chi connectivity index (χ4v) is 3.87. The summed E-state index contributed by atoms with van der Waals surface area (Å²) in [6.45, 7) is 0. The molecule has 0 fully saturated rings. The first-order valence-electron chi connectivity index (χ1n) is 9.02. The average molecular weight is 449 g/mol.